The second-order valence-electron chi connectivity index (χ2n) is 8.86. The number of benzene rings is 3. The Bertz CT molecular complexity index is 1840. The van der Waals surface area contributed by atoms with Crippen molar-refractivity contribution >= 4 is 34.7 Å². The number of hydrogen-bond acceptors (Lipinski definition) is 8. The Labute approximate surface area is 232 Å². The number of aromatic nitrogens is 1. The third-order valence-electron chi connectivity index (χ3n) is 6.41. The summed E-state index contributed by atoms with van der Waals surface area (Å²) in [7, 11) is 3.04. The normalized spacial score (nSPS) is 14.8. The number of carbonyl (C=O) groups excluding carboxylic acids is 1. The summed E-state index contributed by atoms with van der Waals surface area (Å²) < 4.78 is 12.8. The summed E-state index contributed by atoms with van der Waals surface area (Å²) in [6, 6.07) is 19.3. The lowest BCUT2D eigenvalue weighted by Crippen LogP contribution is -2.40. The molecular weight excluding hydrogens is 532 g/mol. The standard InChI is InChI=1S/C29H24N4O6S/c1-17-25(27(34)31-19-9-5-4-6-10-19)26(22-13-12-21(38-2)16-23(22)39-3)32-28(35)24(40-29(32)30-17)15-18-8-7-11-20(14-18)33(36)37/h4-16,26H,1-3H3,(H,31,34)/b24-15-/t26-/m0/s1. The van der Waals surface area contributed by atoms with Crippen molar-refractivity contribution < 1.29 is 19.2 Å². The number of methoxy groups -OCH3 is 2. The van der Waals surface area contributed by atoms with Gasteiger partial charge in [0, 0.05) is 29.4 Å². The Morgan fingerprint density at radius 2 is 1.85 bits per heavy atom. The molecule has 11 heteroatoms. The number of nitrogens with one attached hydrogen (secondary N) is 1. The van der Waals surface area contributed by atoms with Gasteiger partial charge < -0.3 is 14.8 Å². The fraction of sp³-hybridized carbons (Fsp3) is 0.138. The molecule has 1 N–H and O–H groups in total. The molecule has 0 aliphatic carbocycles. The molecule has 0 unspecified atom stereocenters. The number of nitrogens with zero attached hydrogens (tertiary/aromatic N) is 3. The smallest absolute Gasteiger partial charge is 0.271 e. The summed E-state index contributed by atoms with van der Waals surface area (Å²) in [4.78, 5) is 43.4. The van der Waals surface area contributed by atoms with Crippen LogP contribution in [0.25, 0.3) is 6.08 Å². The second kappa shape index (κ2) is 11.0. The minimum atomic E-state index is -0.868. The van der Waals surface area contributed by atoms with E-state index >= 15 is 0 Å². The predicted molar refractivity (Wildman–Crippen MR) is 151 cm³/mol. The topological polar surface area (TPSA) is 125 Å². The molecule has 2 heterocycles. The first-order chi connectivity index (χ1) is 19.3. The molecule has 4 aromatic rings. The summed E-state index contributed by atoms with van der Waals surface area (Å²) in [5.41, 5.74) is 1.90. The van der Waals surface area contributed by atoms with Gasteiger partial charge in [0.2, 0.25) is 0 Å². The van der Waals surface area contributed by atoms with Crippen LogP contribution in [0.3, 0.4) is 0 Å². The average Bonchev–Trinajstić information content (AvgIpc) is 3.26. The van der Waals surface area contributed by atoms with E-state index in [1.807, 2.05) is 18.2 Å². The zero-order chi connectivity index (χ0) is 28.4. The number of amides is 1. The van der Waals surface area contributed by atoms with Gasteiger partial charge in [-0.3, -0.25) is 24.3 Å². The number of anilines is 1. The van der Waals surface area contributed by atoms with E-state index in [1.165, 1.54) is 30.9 Å². The third-order valence-corrected chi connectivity index (χ3v) is 7.39. The predicted octanol–water partition coefficient (Wildman–Crippen LogP) is 3.80. The van der Waals surface area contributed by atoms with Crippen molar-refractivity contribution in [3.8, 4) is 11.5 Å². The summed E-state index contributed by atoms with van der Waals surface area (Å²) in [6.45, 7) is 1.72. The number of hydrogen-bond donors (Lipinski definition) is 1. The van der Waals surface area contributed by atoms with Crippen LogP contribution in [0.15, 0.2) is 93.9 Å². The lowest BCUT2D eigenvalue weighted by molar-refractivity contribution is -0.384. The number of non-ortho nitro benzene ring substituents is 1. The first-order valence-corrected chi connectivity index (χ1v) is 13.0. The molecule has 0 radical (unpaired) electrons. The highest BCUT2D eigenvalue weighted by atomic mass is 32.1. The minimum absolute atomic E-state index is 0.0851. The molecule has 0 saturated carbocycles. The molecule has 1 atom stereocenters. The number of rotatable bonds is 7. The molecule has 202 valence electrons. The van der Waals surface area contributed by atoms with Crippen LogP contribution in [-0.4, -0.2) is 29.6 Å². The number of para-hydroxylation sites is 1. The number of carbonyl (C=O) groups is 1. The number of ether oxygens (including phenoxy) is 2. The van der Waals surface area contributed by atoms with Crippen LogP contribution in [0.1, 0.15) is 24.1 Å². The average molecular weight is 557 g/mol. The van der Waals surface area contributed by atoms with Crippen molar-refractivity contribution in [3.63, 3.8) is 0 Å². The van der Waals surface area contributed by atoms with Crippen molar-refractivity contribution in [3.05, 3.63) is 125 Å². The van der Waals surface area contributed by atoms with Gasteiger partial charge in [0.05, 0.1) is 34.9 Å². The molecule has 1 aliphatic rings. The summed E-state index contributed by atoms with van der Waals surface area (Å²) in [6.07, 6.45) is 1.59. The zero-order valence-corrected chi connectivity index (χ0v) is 22.6. The fourth-order valence-electron chi connectivity index (χ4n) is 4.55. The number of nitro benzene ring substituents is 1. The van der Waals surface area contributed by atoms with E-state index < -0.39 is 22.4 Å². The monoisotopic (exact) mass is 556 g/mol. The first kappa shape index (κ1) is 26.6. The van der Waals surface area contributed by atoms with Crippen molar-refractivity contribution in [2.45, 2.75) is 13.0 Å². The van der Waals surface area contributed by atoms with E-state index in [2.05, 4.69) is 10.3 Å². The van der Waals surface area contributed by atoms with Crippen molar-refractivity contribution in [2.24, 2.45) is 4.99 Å². The van der Waals surface area contributed by atoms with Gasteiger partial charge in [-0.15, -0.1) is 0 Å². The molecule has 0 spiro atoms. The van der Waals surface area contributed by atoms with Crippen LogP contribution in [0.2, 0.25) is 0 Å². The Morgan fingerprint density at radius 3 is 2.55 bits per heavy atom. The van der Waals surface area contributed by atoms with Gasteiger partial charge in [-0.2, -0.15) is 0 Å². The van der Waals surface area contributed by atoms with Gasteiger partial charge in [-0.25, -0.2) is 4.99 Å². The second-order valence-corrected chi connectivity index (χ2v) is 9.87. The fourth-order valence-corrected chi connectivity index (χ4v) is 5.60. The third kappa shape index (κ3) is 5.02. The number of fused-ring (bicyclic) bond motifs is 1. The highest BCUT2D eigenvalue weighted by Crippen LogP contribution is 2.37. The number of nitro groups is 1. The van der Waals surface area contributed by atoms with E-state index in [0.717, 1.165) is 11.3 Å². The van der Waals surface area contributed by atoms with Gasteiger partial charge >= 0.3 is 0 Å². The van der Waals surface area contributed by atoms with Gasteiger partial charge in [0.15, 0.2) is 4.80 Å². The molecule has 5 rings (SSSR count). The molecule has 3 aromatic carbocycles. The Hall–Kier alpha value is -5.03. The lowest BCUT2D eigenvalue weighted by Gasteiger charge is -2.26. The van der Waals surface area contributed by atoms with Crippen molar-refractivity contribution in [2.75, 3.05) is 19.5 Å². The van der Waals surface area contributed by atoms with E-state index in [9.17, 15) is 19.7 Å². The highest BCUT2D eigenvalue weighted by Gasteiger charge is 2.34. The molecule has 10 nitrogen and oxygen atoms in total. The van der Waals surface area contributed by atoms with Crippen LogP contribution in [-0.2, 0) is 4.79 Å². The molecule has 0 saturated heterocycles. The number of allylic oxidation sites excluding steroid dienone is 1. The Kier molecular flexibility index (Phi) is 7.30. The Balaban J connectivity index is 1.72. The van der Waals surface area contributed by atoms with Gasteiger partial charge in [-0.05, 0) is 42.8 Å². The van der Waals surface area contributed by atoms with Gasteiger partial charge in [-0.1, -0.05) is 41.7 Å². The van der Waals surface area contributed by atoms with Crippen LogP contribution in [0.4, 0.5) is 11.4 Å². The molecule has 0 bridgehead atoms. The molecule has 40 heavy (non-hydrogen) atoms. The van der Waals surface area contributed by atoms with Crippen LogP contribution >= 0.6 is 11.3 Å². The van der Waals surface area contributed by atoms with E-state index in [1.54, 1.807) is 55.5 Å². The minimum Gasteiger partial charge on any atom is -0.497 e. The summed E-state index contributed by atoms with van der Waals surface area (Å²) >= 11 is 1.14. The molecule has 0 fully saturated rings. The first-order valence-electron chi connectivity index (χ1n) is 12.2. The molecule has 1 aliphatic heterocycles. The molecule has 1 aromatic heterocycles. The largest absolute Gasteiger partial charge is 0.497 e. The molecule has 1 amide bonds. The maximum Gasteiger partial charge on any atom is 0.271 e. The van der Waals surface area contributed by atoms with Gasteiger partial charge in [0.1, 0.15) is 17.5 Å². The van der Waals surface area contributed by atoms with Crippen molar-refractivity contribution in [1.29, 1.82) is 0 Å². The quantitative estimate of drug-likeness (QED) is 0.273. The highest BCUT2D eigenvalue weighted by molar-refractivity contribution is 7.07. The van der Waals surface area contributed by atoms with E-state index in [0.29, 0.717) is 43.3 Å². The van der Waals surface area contributed by atoms with Gasteiger partial charge in [0.25, 0.3) is 17.2 Å². The van der Waals surface area contributed by atoms with Crippen LogP contribution < -0.4 is 29.7 Å². The maximum absolute atomic E-state index is 13.9. The Morgan fingerprint density at radius 1 is 1.07 bits per heavy atom. The maximum atomic E-state index is 13.9. The summed E-state index contributed by atoms with van der Waals surface area (Å²) in [5, 5.41) is 14.2. The summed E-state index contributed by atoms with van der Waals surface area (Å²) in [5.74, 6) is 0.565. The number of thiazole rings is 1. The van der Waals surface area contributed by atoms with Crippen LogP contribution in [0.5, 0.6) is 11.5 Å². The van der Waals surface area contributed by atoms with E-state index in [-0.39, 0.29) is 11.3 Å². The molecular formula is C29H24N4O6S. The van der Waals surface area contributed by atoms with E-state index in [4.69, 9.17) is 9.47 Å². The SMILES string of the molecule is COc1ccc([C@H]2C(C(=O)Nc3ccccc3)=C(C)N=c3s/c(=C\c4cccc([N+](=O)[O-])c4)c(=O)n32)c(OC)c1. The van der Waals surface area contributed by atoms with Crippen LogP contribution in [0, 0.1) is 10.1 Å². The van der Waals surface area contributed by atoms with Crippen molar-refractivity contribution in [1.82, 2.24) is 4.57 Å². The zero-order valence-electron chi connectivity index (χ0n) is 21.8. The lowest BCUT2D eigenvalue weighted by atomic mass is 9.94.